The minimum atomic E-state index is -0.814. The first-order valence-electron chi connectivity index (χ1n) is 25.0. The maximum Gasteiger partial charge on any atom is 0.306 e. The molecule has 0 aromatic rings. The Morgan fingerprint density at radius 2 is 0.571 bits per heavy atom. The van der Waals surface area contributed by atoms with Crippen molar-refractivity contribution in [3.8, 4) is 0 Å². The lowest BCUT2D eigenvalue weighted by atomic mass is 10.1. The average Bonchev–Trinajstić information content (AvgIpc) is 3.28. The van der Waals surface area contributed by atoms with Gasteiger partial charge in [-0.2, -0.15) is 0 Å². The highest BCUT2D eigenvalue weighted by atomic mass is 16.6. The number of carbonyl (C=O) groups excluding carboxylic acids is 3. The summed E-state index contributed by atoms with van der Waals surface area (Å²) in [4.78, 5) is 38.0. The molecular weight excluding hydrogens is 781 g/mol. The van der Waals surface area contributed by atoms with Gasteiger partial charge in [0.25, 0.3) is 0 Å². The van der Waals surface area contributed by atoms with E-state index in [-0.39, 0.29) is 31.1 Å². The molecule has 0 amide bonds. The van der Waals surface area contributed by atoms with Crippen molar-refractivity contribution in [3.63, 3.8) is 0 Å². The van der Waals surface area contributed by atoms with Gasteiger partial charge in [-0.15, -0.1) is 0 Å². The van der Waals surface area contributed by atoms with E-state index >= 15 is 0 Å². The van der Waals surface area contributed by atoms with E-state index < -0.39 is 6.10 Å². The third-order valence-electron chi connectivity index (χ3n) is 9.94. The van der Waals surface area contributed by atoms with Gasteiger partial charge in [-0.05, 0) is 122 Å². The number of hydrogen-bond donors (Lipinski definition) is 0. The Morgan fingerprint density at radius 3 is 0.921 bits per heavy atom. The number of allylic oxidation sites excluding steroid dienone is 20. The summed E-state index contributed by atoms with van der Waals surface area (Å²) in [6.07, 6.45) is 68.9. The summed E-state index contributed by atoms with van der Waals surface area (Å²) >= 11 is 0. The molecule has 63 heavy (non-hydrogen) atoms. The van der Waals surface area contributed by atoms with Crippen molar-refractivity contribution < 1.29 is 28.6 Å². The van der Waals surface area contributed by atoms with Gasteiger partial charge in [0.15, 0.2) is 6.10 Å². The summed E-state index contributed by atoms with van der Waals surface area (Å²) < 4.78 is 16.7. The second-order valence-electron chi connectivity index (χ2n) is 15.9. The molecule has 0 aliphatic rings. The Labute approximate surface area is 386 Å². The molecule has 6 heteroatoms. The summed E-state index contributed by atoms with van der Waals surface area (Å²) in [5.74, 6) is -0.996. The summed E-state index contributed by atoms with van der Waals surface area (Å²) in [7, 11) is 0. The maximum atomic E-state index is 12.8. The molecule has 0 aliphatic heterocycles. The van der Waals surface area contributed by atoms with Crippen LogP contribution in [0.25, 0.3) is 0 Å². The number of carbonyl (C=O) groups is 3. The van der Waals surface area contributed by atoms with Crippen LogP contribution >= 0.6 is 0 Å². The van der Waals surface area contributed by atoms with Gasteiger partial charge in [-0.1, -0.05) is 181 Å². The van der Waals surface area contributed by atoms with Gasteiger partial charge in [-0.3, -0.25) is 14.4 Å². The molecule has 0 saturated carbocycles. The van der Waals surface area contributed by atoms with Crippen LogP contribution in [0.15, 0.2) is 122 Å². The fraction of sp³-hybridized carbons (Fsp3) is 0.596. The number of esters is 3. The van der Waals surface area contributed by atoms with E-state index in [1.807, 2.05) is 0 Å². The van der Waals surface area contributed by atoms with Crippen molar-refractivity contribution in [2.45, 2.75) is 207 Å². The monoisotopic (exact) mass is 871 g/mol. The molecule has 0 aromatic carbocycles. The fourth-order valence-electron chi connectivity index (χ4n) is 6.28. The number of ether oxygens (including phenoxy) is 3. The molecule has 1 atom stereocenters. The Hall–Kier alpha value is -4.19. The van der Waals surface area contributed by atoms with E-state index in [2.05, 4.69) is 142 Å². The lowest BCUT2D eigenvalue weighted by Crippen LogP contribution is -2.30. The van der Waals surface area contributed by atoms with Crippen LogP contribution < -0.4 is 0 Å². The zero-order chi connectivity index (χ0) is 45.8. The SMILES string of the molecule is CC/C=C\C/C=C\C/C=C\C/C=C\CCCCC(=O)OCC(COC(=O)CCCCCCC/C=C\C/C=C\C/C=C\CC)OC(=O)CCCCCCC/C=C\C/C=C\C/C=C\CC. The summed E-state index contributed by atoms with van der Waals surface area (Å²) in [5.41, 5.74) is 0. The van der Waals surface area contributed by atoms with Crippen LogP contribution in [0.1, 0.15) is 201 Å². The largest absolute Gasteiger partial charge is 0.462 e. The minimum absolute atomic E-state index is 0.111. The highest BCUT2D eigenvalue weighted by molar-refractivity contribution is 5.71. The first kappa shape index (κ1) is 58.8. The van der Waals surface area contributed by atoms with Gasteiger partial charge >= 0.3 is 17.9 Å². The first-order chi connectivity index (χ1) is 31.0. The number of rotatable bonds is 43. The van der Waals surface area contributed by atoms with Crippen LogP contribution in [0.5, 0.6) is 0 Å². The van der Waals surface area contributed by atoms with Crippen LogP contribution in [-0.2, 0) is 28.6 Å². The molecule has 1 unspecified atom stereocenters. The average molecular weight is 871 g/mol. The van der Waals surface area contributed by atoms with Crippen LogP contribution in [0.2, 0.25) is 0 Å². The third-order valence-corrected chi connectivity index (χ3v) is 9.94. The smallest absolute Gasteiger partial charge is 0.306 e. The summed E-state index contributed by atoms with van der Waals surface area (Å²) in [6, 6.07) is 0. The summed E-state index contributed by atoms with van der Waals surface area (Å²) in [5, 5.41) is 0. The quantitative estimate of drug-likeness (QED) is 0.0263. The van der Waals surface area contributed by atoms with E-state index in [0.717, 1.165) is 154 Å². The lowest BCUT2D eigenvalue weighted by molar-refractivity contribution is -0.167. The number of hydrogen-bond acceptors (Lipinski definition) is 6. The molecule has 6 nitrogen and oxygen atoms in total. The second kappa shape index (κ2) is 50.5. The van der Waals surface area contributed by atoms with Crippen LogP contribution in [-0.4, -0.2) is 37.2 Å². The molecule has 0 rings (SSSR count). The predicted octanol–water partition coefficient (Wildman–Crippen LogP) is 16.5. The lowest BCUT2D eigenvalue weighted by Gasteiger charge is -2.18. The normalized spacial score (nSPS) is 13.1. The van der Waals surface area contributed by atoms with Crippen LogP contribution in [0, 0.1) is 0 Å². The standard InChI is InChI=1S/C57H90O6/c1-4-7-10-13-16-19-22-25-28-31-34-37-40-43-46-49-55(58)61-52-54(63-57(60)51-48-45-42-39-36-33-30-27-24-21-18-15-12-9-6-3)53-62-56(59)50-47-44-41-38-35-32-29-26-23-20-17-14-11-8-5-2/h7-12,16-21,25-30,34,37,54H,4-6,13-15,22-24,31-33,35-36,38-53H2,1-3H3/b10-7-,11-8-,12-9-,19-16-,20-17-,21-18-,28-25-,29-26-,30-27-,37-34-. The van der Waals surface area contributed by atoms with Crippen LogP contribution in [0.3, 0.4) is 0 Å². The highest BCUT2D eigenvalue weighted by Crippen LogP contribution is 2.12. The predicted molar refractivity (Wildman–Crippen MR) is 269 cm³/mol. The molecule has 0 aliphatic carbocycles. The minimum Gasteiger partial charge on any atom is -0.462 e. The van der Waals surface area contributed by atoms with Crippen molar-refractivity contribution in [3.05, 3.63) is 122 Å². The molecule has 0 bridgehead atoms. The molecule has 0 radical (unpaired) electrons. The molecule has 0 heterocycles. The van der Waals surface area contributed by atoms with Gasteiger partial charge in [-0.25, -0.2) is 0 Å². The van der Waals surface area contributed by atoms with Crippen LogP contribution in [0.4, 0.5) is 0 Å². The Morgan fingerprint density at radius 1 is 0.317 bits per heavy atom. The van der Waals surface area contributed by atoms with Gasteiger partial charge in [0.1, 0.15) is 13.2 Å². The van der Waals surface area contributed by atoms with E-state index in [0.29, 0.717) is 25.7 Å². The molecule has 0 fully saturated rings. The van der Waals surface area contributed by atoms with Crippen molar-refractivity contribution in [1.82, 2.24) is 0 Å². The van der Waals surface area contributed by atoms with E-state index in [1.54, 1.807) is 0 Å². The number of unbranched alkanes of at least 4 members (excludes halogenated alkanes) is 12. The molecule has 0 aromatic heterocycles. The molecule has 354 valence electrons. The van der Waals surface area contributed by atoms with E-state index in [9.17, 15) is 14.4 Å². The van der Waals surface area contributed by atoms with Gasteiger partial charge in [0.05, 0.1) is 0 Å². The first-order valence-corrected chi connectivity index (χ1v) is 25.0. The summed E-state index contributed by atoms with van der Waals surface area (Å²) in [6.45, 7) is 6.21. The molecular formula is C57H90O6. The zero-order valence-electron chi connectivity index (χ0n) is 40.3. The van der Waals surface area contributed by atoms with Crippen molar-refractivity contribution >= 4 is 17.9 Å². The highest BCUT2D eigenvalue weighted by Gasteiger charge is 2.19. The van der Waals surface area contributed by atoms with Gasteiger partial charge in [0, 0.05) is 19.3 Å². The molecule has 0 spiro atoms. The molecule has 0 N–H and O–H groups in total. The van der Waals surface area contributed by atoms with Crippen molar-refractivity contribution in [2.24, 2.45) is 0 Å². The fourth-order valence-corrected chi connectivity index (χ4v) is 6.28. The maximum absolute atomic E-state index is 12.8. The Balaban J connectivity index is 4.54. The van der Waals surface area contributed by atoms with Crippen molar-refractivity contribution in [1.29, 1.82) is 0 Å². The Bertz CT molecular complexity index is 1370. The zero-order valence-corrected chi connectivity index (χ0v) is 40.3. The van der Waals surface area contributed by atoms with Gasteiger partial charge < -0.3 is 14.2 Å². The Kier molecular flexibility index (Phi) is 47.1. The third kappa shape index (κ3) is 48.7. The van der Waals surface area contributed by atoms with E-state index in [1.165, 1.54) is 0 Å². The second-order valence-corrected chi connectivity index (χ2v) is 15.9. The van der Waals surface area contributed by atoms with Gasteiger partial charge in [0.2, 0.25) is 0 Å². The molecule has 0 saturated heterocycles. The van der Waals surface area contributed by atoms with Crippen molar-refractivity contribution in [2.75, 3.05) is 13.2 Å². The topological polar surface area (TPSA) is 78.9 Å². The van der Waals surface area contributed by atoms with E-state index in [4.69, 9.17) is 14.2 Å².